The molecule has 1 aromatic carbocycles. The van der Waals surface area contributed by atoms with Gasteiger partial charge in [-0.2, -0.15) is 5.26 Å². The van der Waals surface area contributed by atoms with Crippen molar-refractivity contribution in [1.29, 1.82) is 5.26 Å². The number of rotatable bonds is 8. The third-order valence-corrected chi connectivity index (χ3v) is 5.31. The highest BCUT2D eigenvalue weighted by Crippen LogP contribution is 2.31. The number of hydrogen-bond acceptors (Lipinski definition) is 7. The summed E-state index contributed by atoms with van der Waals surface area (Å²) in [7, 11) is 0. The lowest BCUT2D eigenvalue weighted by atomic mass is 10.1. The monoisotopic (exact) mass is 502 g/mol. The topological polar surface area (TPSA) is 122 Å². The van der Waals surface area contributed by atoms with Crippen molar-refractivity contribution in [1.82, 2.24) is 15.2 Å². The molecule has 0 saturated carbocycles. The van der Waals surface area contributed by atoms with Gasteiger partial charge in [0, 0.05) is 24.4 Å². The van der Waals surface area contributed by atoms with Crippen molar-refractivity contribution in [2.75, 3.05) is 19.7 Å². The Morgan fingerprint density at radius 3 is 2.72 bits per heavy atom. The van der Waals surface area contributed by atoms with Crippen LogP contribution in [0.25, 0.3) is 10.9 Å². The fraction of sp³-hybridized carbons (Fsp3) is 0.480. The van der Waals surface area contributed by atoms with E-state index in [1.54, 1.807) is 45.0 Å². The van der Waals surface area contributed by atoms with Crippen LogP contribution in [0.3, 0.4) is 0 Å². The summed E-state index contributed by atoms with van der Waals surface area (Å²) in [5.41, 5.74) is 0.177. The zero-order valence-electron chi connectivity index (χ0n) is 20.3. The summed E-state index contributed by atoms with van der Waals surface area (Å²) in [5, 5.41) is 12.0. The van der Waals surface area contributed by atoms with Gasteiger partial charge in [-0.15, -0.1) is 0 Å². The quantitative estimate of drug-likeness (QED) is 0.434. The SMILES string of the molecule is CC(C)(C)OC(=O)CCCOc1ccc2nccc(C(=O)NCC(=O)N3CC(F)(F)C[C@H]3C#N)c2c1. The van der Waals surface area contributed by atoms with Crippen LogP contribution in [-0.4, -0.2) is 64.9 Å². The number of likely N-dealkylation sites (tertiary alicyclic amines) is 1. The van der Waals surface area contributed by atoms with Gasteiger partial charge in [0.2, 0.25) is 5.91 Å². The number of nitrogens with zero attached hydrogens (tertiary/aromatic N) is 3. The molecule has 1 N–H and O–H groups in total. The Morgan fingerprint density at radius 1 is 1.28 bits per heavy atom. The summed E-state index contributed by atoms with van der Waals surface area (Å²) in [5.74, 6) is -4.36. The van der Waals surface area contributed by atoms with Gasteiger partial charge in [0.05, 0.1) is 36.8 Å². The number of hydrogen-bond donors (Lipinski definition) is 1. The largest absolute Gasteiger partial charge is 0.494 e. The van der Waals surface area contributed by atoms with Gasteiger partial charge in [-0.1, -0.05) is 0 Å². The Balaban J connectivity index is 1.61. The lowest BCUT2D eigenvalue weighted by Crippen LogP contribution is -2.43. The first-order valence-corrected chi connectivity index (χ1v) is 11.5. The maximum Gasteiger partial charge on any atom is 0.306 e. The number of nitrogens with one attached hydrogen (secondary N) is 1. The number of fused-ring (bicyclic) bond motifs is 1. The smallest absolute Gasteiger partial charge is 0.306 e. The van der Waals surface area contributed by atoms with Gasteiger partial charge in [-0.25, -0.2) is 8.78 Å². The molecule has 36 heavy (non-hydrogen) atoms. The lowest BCUT2D eigenvalue weighted by Gasteiger charge is -2.19. The Kier molecular flexibility index (Phi) is 8.07. The Bertz CT molecular complexity index is 1190. The zero-order valence-corrected chi connectivity index (χ0v) is 20.3. The second kappa shape index (κ2) is 10.8. The highest BCUT2D eigenvalue weighted by atomic mass is 19.3. The second-order valence-electron chi connectivity index (χ2n) is 9.49. The minimum absolute atomic E-state index is 0.198. The van der Waals surface area contributed by atoms with E-state index in [0.717, 1.165) is 4.90 Å². The number of esters is 1. The van der Waals surface area contributed by atoms with Gasteiger partial charge in [0.1, 0.15) is 17.4 Å². The van der Waals surface area contributed by atoms with Crippen LogP contribution in [0.5, 0.6) is 5.75 Å². The predicted octanol–water partition coefficient (Wildman–Crippen LogP) is 3.23. The molecular weight excluding hydrogens is 474 g/mol. The van der Waals surface area contributed by atoms with Gasteiger partial charge < -0.3 is 19.7 Å². The van der Waals surface area contributed by atoms with E-state index in [4.69, 9.17) is 14.7 Å². The fourth-order valence-corrected chi connectivity index (χ4v) is 3.76. The molecule has 0 unspecified atom stereocenters. The summed E-state index contributed by atoms with van der Waals surface area (Å²) in [6.45, 7) is 4.25. The molecular formula is C25H28F2N4O5. The number of benzene rings is 1. The number of pyridine rings is 1. The maximum atomic E-state index is 13.6. The van der Waals surface area contributed by atoms with Gasteiger partial charge in [0.15, 0.2) is 0 Å². The Hall–Kier alpha value is -3.81. The van der Waals surface area contributed by atoms with E-state index in [-0.39, 0.29) is 24.6 Å². The molecule has 11 heteroatoms. The number of alkyl halides is 2. The van der Waals surface area contributed by atoms with Crippen molar-refractivity contribution in [3.8, 4) is 11.8 Å². The minimum Gasteiger partial charge on any atom is -0.494 e. The summed E-state index contributed by atoms with van der Waals surface area (Å²) in [6.07, 6.45) is 1.35. The molecule has 192 valence electrons. The normalized spacial score (nSPS) is 16.9. The first kappa shape index (κ1) is 26.8. The van der Waals surface area contributed by atoms with E-state index < -0.39 is 48.9 Å². The molecule has 0 aliphatic carbocycles. The Morgan fingerprint density at radius 2 is 2.03 bits per heavy atom. The molecule has 3 rings (SSSR count). The summed E-state index contributed by atoms with van der Waals surface area (Å²) >= 11 is 0. The van der Waals surface area contributed by atoms with Crippen molar-refractivity contribution in [2.24, 2.45) is 0 Å². The van der Waals surface area contributed by atoms with Crippen LogP contribution in [0.15, 0.2) is 30.5 Å². The van der Waals surface area contributed by atoms with Gasteiger partial charge in [0.25, 0.3) is 11.8 Å². The van der Waals surface area contributed by atoms with Crippen LogP contribution in [0.1, 0.15) is 50.4 Å². The molecule has 1 saturated heterocycles. The van der Waals surface area contributed by atoms with Crippen molar-refractivity contribution >= 4 is 28.7 Å². The first-order valence-electron chi connectivity index (χ1n) is 11.5. The van der Waals surface area contributed by atoms with Crippen LogP contribution in [0, 0.1) is 11.3 Å². The molecule has 1 fully saturated rings. The average molecular weight is 503 g/mol. The maximum absolute atomic E-state index is 13.6. The molecule has 1 aromatic heterocycles. The third kappa shape index (κ3) is 7.10. The molecule has 0 radical (unpaired) electrons. The van der Waals surface area contributed by atoms with Crippen molar-refractivity contribution in [3.05, 3.63) is 36.0 Å². The molecule has 9 nitrogen and oxygen atoms in total. The van der Waals surface area contributed by atoms with E-state index in [2.05, 4.69) is 10.3 Å². The molecule has 2 aromatic rings. The number of halogens is 2. The van der Waals surface area contributed by atoms with Crippen LogP contribution in [0.2, 0.25) is 0 Å². The molecule has 1 aliphatic heterocycles. The van der Waals surface area contributed by atoms with E-state index in [1.165, 1.54) is 12.3 Å². The summed E-state index contributed by atoms with van der Waals surface area (Å²) in [6, 6.07) is 6.91. The number of carbonyl (C=O) groups is 3. The summed E-state index contributed by atoms with van der Waals surface area (Å²) < 4.78 is 38.2. The predicted molar refractivity (Wildman–Crippen MR) is 125 cm³/mol. The number of aromatic nitrogens is 1. The first-order chi connectivity index (χ1) is 16.9. The van der Waals surface area contributed by atoms with Crippen molar-refractivity contribution in [3.63, 3.8) is 0 Å². The van der Waals surface area contributed by atoms with Crippen molar-refractivity contribution in [2.45, 2.75) is 57.6 Å². The lowest BCUT2D eigenvalue weighted by molar-refractivity contribution is -0.155. The molecule has 2 heterocycles. The molecule has 0 spiro atoms. The van der Waals surface area contributed by atoms with E-state index >= 15 is 0 Å². The van der Waals surface area contributed by atoms with Crippen LogP contribution < -0.4 is 10.1 Å². The van der Waals surface area contributed by atoms with Crippen LogP contribution >= 0.6 is 0 Å². The highest BCUT2D eigenvalue weighted by molar-refractivity contribution is 6.07. The molecule has 0 bridgehead atoms. The fourth-order valence-electron chi connectivity index (χ4n) is 3.76. The number of nitriles is 1. The molecule has 1 aliphatic rings. The molecule has 1 atom stereocenters. The van der Waals surface area contributed by atoms with Crippen LogP contribution in [0.4, 0.5) is 8.78 Å². The van der Waals surface area contributed by atoms with Gasteiger partial charge in [-0.3, -0.25) is 19.4 Å². The van der Waals surface area contributed by atoms with E-state index in [1.807, 2.05) is 0 Å². The summed E-state index contributed by atoms with van der Waals surface area (Å²) in [4.78, 5) is 42.0. The van der Waals surface area contributed by atoms with E-state index in [9.17, 15) is 23.2 Å². The van der Waals surface area contributed by atoms with Gasteiger partial charge in [-0.05, 0) is 51.5 Å². The number of ether oxygens (including phenoxy) is 2. The van der Waals surface area contributed by atoms with E-state index in [0.29, 0.717) is 23.1 Å². The van der Waals surface area contributed by atoms with Crippen LogP contribution in [-0.2, 0) is 14.3 Å². The van der Waals surface area contributed by atoms with Gasteiger partial charge >= 0.3 is 5.97 Å². The van der Waals surface area contributed by atoms with Crippen molar-refractivity contribution < 1.29 is 32.6 Å². The standard InChI is InChI=1S/C25H28F2N4O5/c1-24(2,3)36-22(33)5-4-10-35-17-6-7-20-19(11-17)18(8-9-29-20)23(34)30-14-21(32)31-15-25(26,27)12-16(31)13-28/h6-9,11,16H,4-5,10,12,14-15H2,1-3H3,(H,30,34)/t16-/m0/s1. The third-order valence-electron chi connectivity index (χ3n) is 5.31. The second-order valence-corrected chi connectivity index (χ2v) is 9.49. The Labute approximate surface area is 207 Å². The number of carbonyl (C=O) groups excluding carboxylic acids is 3. The number of amides is 2. The minimum atomic E-state index is -3.13. The highest BCUT2D eigenvalue weighted by Gasteiger charge is 2.47. The average Bonchev–Trinajstić information content (AvgIpc) is 3.13. The molecule has 2 amide bonds. The zero-order chi connectivity index (χ0) is 26.5.